The molecule has 1 aromatic rings. The molecule has 0 radical (unpaired) electrons. The van der Waals surface area contributed by atoms with Gasteiger partial charge < -0.3 is 9.47 Å². The van der Waals surface area contributed by atoms with Crippen LogP contribution in [-0.4, -0.2) is 19.7 Å². The van der Waals surface area contributed by atoms with Gasteiger partial charge in [-0.15, -0.1) is 0 Å². The maximum absolute atomic E-state index is 11.4. The van der Waals surface area contributed by atoms with E-state index >= 15 is 0 Å². The Kier molecular flexibility index (Phi) is 3.26. The molecule has 0 aliphatic carbocycles. The molecule has 0 unspecified atom stereocenters. The zero-order chi connectivity index (χ0) is 11.7. The number of esters is 1. The van der Waals surface area contributed by atoms with Gasteiger partial charge in [-0.2, -0.15) is 0 Å². The second-order valence-electron chi connectivity index (χ2n) is 3.61. The highest BCUT2D eigenvalue weighted by molar-refractivity contribution is 6.35. The minimum atomic E-state index is -0.285. The first-order valence-electron chi connectivity index (χ1n) is 4.80. The molecule has 0 aromatic heterocycles. The normalized spacial score (nSPS) is 18.6. The van der Waals surface area contributed by atoms with Crippen molar-refractivity contribution in [3.63, 3.8) is 0 Å². The molecule has 1 aromatic carbocycles. The number of halogens is 2. The first-order chi connectivity index (χ1) is 7.61. The second kappa shape index (κ2) is 4.52. The van der Waals surface area contributed by atoms with Crippen LogP contribution in [0.2, 0.25) is 10.0 Å². The fraction of sp³-hybridized carbons (Fsp3) is 0.364. The summed E-state index contributed by atoms with van der Waals surface area (Å²) in [7, 11) is 1.36. The molecule has 2 rings (SSSR count). The van der Waals surface area contributed by atoms with Crippen LogP contribution < -0.4 is 4.74 Å². The van der Waals surface area contributed by atoms with Crippen molar-refractivity contribution in [3.05, 3.63) is 27.7 Å². The molecule has 1 aliphatic heterocycles. The van der Waals surface area contributed by atoms with Gasteiger partial charge in [-0.1, -0.05) is 23.2 Å². The molecule has 0 N–H and O–H groups in total. The largest absolute Gasteiger partial charge is 0.491 e. The van der Waals surface area contributed by atoms with E-state index in [4.69, 9.17) is 27.9 Å². The molecule has 0 amide bonds. The Bertz CT molecular complexity index is 431. The van der Waals surface area contributed by atoms with Crippen LogP contribution in [0.3, 0.4) is 0 Å². The number of hydrogen-bond acceptors (Lipinski definition) is 3. The van der Waals surface area contributed by atoms with Gasteiger partial charge in [0.15, 0.2) is 0 Å². The highest BCUT2D eigenvalue weighted by Crippen LogP contribution is 2.36. The summed E-state index contributed by atoms with van der Waals surface area (Å²) in [6.07, 6.45) is 0.544. The Balaban J connectivity index is 2.30. The van der Waals surface area contributed by atoms with E-state index in [2.05, 4.69) is 4.74 Å². The van der Waals surface area contributed by atoms with Crippen molar-refractivity contribution in [1.82, 2.24) is 0 Å². The zero-order valence-electron chi connectivity index (χ0n) is 8.63. The Morgan fingerprint density at radius 2 is 2.25 bits per heavy atom. The Morgan fingerprint density at radius 1 is 1.50 bits per heavy atom. The van der Waals surface area contributed by atoms with Gasteiger partial charge in [0.25, 0.3) is 0 Å². The van der Waals surface area contributed by atoms with Crippen molar-refractivity contribution in [2.45, 2.75) is 6.42 Å². The summed E-state index contributed by atoms with van der Waals surface area (Å²) in [6, 6.07) is 3.39. The van der Waals surface area contributed by atoms with Gasteiger partial charge in [-0.05, 0) is 24.1 Å². The Morgan fingerprint density at radius 3 is 2.94 bits per heavy atom. The number of carbonyl (C=O) groups is 1. The fourth-order valence-corrected chi connectivity index (χ4v) is 2.34. The molecule has 0 saturated heterocycles. The third-order valence-corrected chi connectivity index (χ3v) is 3.01. The molecule has 0 spiro atoms. The van der Waals surface area contributed by atoms with E-state index in [1.807, 2.05) is 0 Å². The zero-order valence-corrected chi connectivity index (χ0v) is 10.1. The number of fused-ring (bicyclic) bond motifs is 1. The summed E-state index contributed by atoms with van der Waals surface area (Å²) < 4.78 is 10.1. The number of hydrogen-bond donors (Lipinski definition) is 0. The predicted molar refractivity (Wildman–Crippen MR) is 61.2 cm³/mol. The lowest BCUT2D eigenvalue weighted by molar-refractivity contribution is -0.146. The average Bonchev–Trinajstić information content (AvgIpc) is 2.27. The van der Waals surface area contributed by atoms with Crippen LogP contribution in [0.15, 0.2) is 12.1 Å². The maximum Gasteiger partial charge on any atom is 0.312 e. The lowest BCUT2D eigenvalue weighted by atomic mass is 9.97. The van der Waals surface area contributed by atoms with Crippen molar-refractivity contribution >= 4 is 29.2 Å². The molecule has 1 heterocycles. The van der Waals surface area contributed by atoms with E-state index < -0.39 is 0 Å². The summed E-state index contributed by atoms with van der Waals surface area (Å²) in [5.41, 5.74) is 0.846. The molecule has 0 saturated carbocycles. The average molecular weight is 261 g/mol. The summed E-state index contributed by atoms with van der Waals surface area (Å²) in [5, 5.41) is 1.02. The van der Waals surface area contributed by atoms with Gasteiger partial charge in [-0.3, -0.25) is 4.79 Å². The van der Waals surface area contributed by atoms with Gasteiger partial charge in [0, 0.05) is 5.02 Å². The van der Waals surface area contributed by atoms with Gasteiger partial charge in [-0.25, -0.2) is 0 Å². The predicted octanol–water partition coefficient (Wildman–Crippen LogP) is 2.72. The maximum atomic E-state index is 11.4. The third-order valence-electron chi connectivity index (χ3n) is 2.51. The molecule has 0 bridgehead atoms. The van der Waals surface area contributed by atoms with E-state index in [-0.39, 0.29) is 11.9 Å². The van der Waals surface area contributed by atoms with Crippen molar-refractivity contribution in [3.8, 4) is 5.75 Å². The molecule has 1 aliphatic rings. The minimum Gasteiger partial charge on any atom is -0.491 e. The first-order valence-corrected chi connectivity index (χ1v) is 5.56. The van der Waals surface area contributed by atoms with Crippen LogP contribution in [-0.2, 0) is 16.0 Å². The second-order valence-corrected chi connectivity index (χ2v) is 4.45. The summed E-state index contributed by atoms with van der Waals surface area (Å²) >= 11 is 11.9. The van der Waals surface area contributed by atoms with Gasteiger partial charge in [0.2, 0.25) is 0 Å². The van der Waals surface area contributed by atoms with Crippen LogP contribution in [0, 0.1) is 5.92 Å². The Hall–Kier alpha value is -0.930. The summed E-state index contributed by atoms with van der Waals surface area (Å²) in [5.74, 6) is 0.0556. The van der Waals surface area contributed by atoms with Crippen LogP contribution in [0.25, 0.3) is 0 Å². The lowest BCUT2D eigenvalue weighted by Gasteiger charge is -2.24. The smallest absolute Gasteiger partial charge is 0.312 e. The van der Waals surface area contributed by atoms with Crippen molar-refractivity contribution in [2.75, 3.05) is 13.7 Å². The lowest BCUT2D eigenvalue weighted by Crippen LogP contribution is -2.29. The molecule has 16 heavy (non-hydrogen) atoms. The molecular formula is C11H10Cl2O3. The van der Waals surface area contributed by atoms with Crippen molar-refractivity contribution < 1.29 is 14.3 Å². The molecule has 86 valence electrons. The number of carbonyl (C=O) groups excluding carboxylic acids is 1. The molecule has 3 nitrogen and oxygen atoms in total. The van der Waals surface area contributed by atoms with Crippen molar-refractivity contribution in [1.29, 1.82) is 0 Å². The van der Waals surface area contributed by atoms with Gasteiger partial charge >= 0.3 is 5.97 Å². The summed E-state index contributed by atoms with van der Waals surface area (Å²) in [6.45, 7) is 0.293. The van der Waals surface area contributed by atoms with Gasteiger partial charge in [0.05, 0.1) is 18.1 Å². The molecule has 1 atom stereocenters. The molecular weight excluding hydrogens is 251 g/mol. The van der Waals surface area contributed by atoms with E-state index in [9.17, 15) is 4.79 Å². The number of rotatable bonds is 1. The monoisotopic (exact) mass is 260 g/mol. The Labute approximate surface area is 103 Å². The van der Waals surface area contributed by atoms with Crippen LogP contribution in [0.5, 0.6) is 5.75 Å². The SMILES string of the molecule is COC(=O)[C@H]1COc2c(Cl)cc(Cl)cc2C1. The van der Waals surface area contributed by atoms with Crippen molar-refractivity contribution in [2.24, 2.45) is 5.92 Å². The number of ether oxygens (including phenoxy) is 2. The van der Waals surface area contributed by atoms with Gasteiger partial charge in [0.1, 0.15) is 12.4 Å². The van der Waals surface area contributed by atoms with E-state index in [0.717, 1.165) is 5.56 Å². The number of methoxy groups -OCH3 is 1. The quantitative estimate of drug-likeness (QED) is 0.729. The van der Waals surface area contributed by atoms with Crippen LogP contribution in [0.4, 0.5) is 0 Å². The third kappa shape index (κ3) is 2.11. The highest BCUT2D eigenvalue weighted by Gasteiger charge is 2.28. The highest BCUT2D eigenvalue weighted by atomic mass is 35.5. The van der Waals surface area contributed by atoms with E-state index in [1.54, 1.807) is 12.1 Å². The molecule has 0 fully saturated rings. The van der Waals surface area contributed by atoms with Crippen LogP contribution in [0.1, 0.15) is 5.56 Å². The molecule has 5 heteroatoms. The van der Waals surface area contributed by atoms with E-state index in [0.29, 0.717) is 28.8 Å². The van der Waals surface area contributed by atoms with Crippen LogP contribution >= 0.6 is 23.2 Å². The summed E-state index contributed by atoms with van der Waals surface area (Å²) in [4.78, 5) is 11.4. The number of benzene rings is 1. The fourth-order valence-electron chi connectivity index (χ4n) is 1.75. The van der Waals surface area contributed by atoms with E-state index in [1.165, 1.54) is 7.11 Å². The standard InChI is InChI=1S/C11H10Cl2O3/c1-15-11(14)7-2-6-3-8(12)4-9(13)10(6)16-5-7/h3-4,7H,2,5H2,1H3/t7-/m1/s1. The minimum absolute atomic E-state index is 0.276. The topological polar surface area (TPSA) is 35.5 Å². The first kappa shape index (κ1) is 11.6.